The number of likely N-dealkylation sites (N-methyl/N-ethyl adjacent to an activating group) is 1. The maximum absolute atomic E-state index is 11.9. The number of nitrogens with zero attached hydrogens (tertiary/aromatic N) is 1. The molecule has 132 valence electrons. The summed E-state index contributed by atoms with van der Waals surface area (Å²) in [6.45, 7) is 5.41. The molecule has 24 heavy (non-hydrogen) atoms. The van der Waals surface area contributed by atoms with Gasteiger partial charge in [0.05, 0.1) is 6.54 Å². The Bertz CT molecular complexity index is 570. The lowest BCUT2D eigenvalue weighted by Gasteiger charge is -2.42. The normalized spacial score (nSPS) is 19.6. The fourth-order valence-electron chi connectivity index (χ4n) is 3.11. The fraction of sp³-hybridized carbons (Fsp3) is 0.556. The highest BCUT2D eigenvalue weighted by atomic mass is 16.4. The smallest absolute Gasteiger partial charge is 0.317 e. The van der Waals surface area contributed by atoms with Crippen LogP contribution in [0, 0.1) is 6.92 Å². The molecule has 1 aliphatic rings. The van der Waals surface area contributed by atoms with E-state index in [1.165, 1.54) is 11.1 Å². The Labute approximate surface area is 143 Å². The molecular weight excluding hydrogens is 306 g/mol. The monoisotopic (exact) mass is 333 g/mol. The Morgan fingerprint density at radius 3 is 2.62 bits per heavy atom. The summed E-state index contributed by atoms with van der Waals surface area (Å²) < 4.78 is 0. The summed E-state index contributed by atoms with van der Waals surface area (Å²) in [7, 11) is 0. The van der Waals surface area contributed by atoms with Gasteiger partial charge < -0.3 is 15.7 Å². The summed E-state index contributed by atoms with van der Waals surface area (Å²) in [5, 5.41) is 14.7. The number of carbonyl (C=O) groups is 2. The van der Waals surface area contributed by atoms with E-state index in [9.17, 15) is 9.59 Å². The molecule has 1 aliphatic carbocycles. The van der Waals surface area contributed by atoms with Crippen LogP contribution >= 0.6 is 0 Å². The molecule has 0 aliphatic heterocycles. The van der Waals surface area contributed by atoms with Gasteiger partial charge in [-0.25, -0.2) is 4.79 Å². The van der Waals surface area contributed by atoms with E-state index in [0.717, 1.165) is 19.3 Å². The average molecular weight is 333 g/mol. The number of carboxylic acids is 1. The summed E-state index contributed by atoms with van der Waals surface area (Å²) >= 11 is 0. The molecule has 1 aromatic rings. The Kier molecular flexibility index (Phi) is 6.61. The molecule has 6 heteroatoms. The molecule has 2 rings (SSSR count). The number of aryl methyl sites for hydroxylation is 1. The third-order valence-corrected chi connectivity index (χ3v) is 4.65. The van der Waals surface area contributed by atoms with E-state index in [4.69, 9.17) is 5.11 Å². The number of hydrogen-bond acceptors (Lipinski definition) is 3. The fourth-order valence-corrected chi connectivity index (χ4v) is 3.11. The number of nitrogens with one attached hydrogen (secondary N) is 2. The molecule has 0 saturated heterocycles. The van der Waals surface area contributed by atoms with E-state index >= 15 is 0 Å². The molecule has 1 fully saturated rings. The maximum Gasteiger partial charge on any atom is 0.317 e. The first kappa shape index (κ1) is 18.3. The number of carbonyl (C=O) groups excluding carboxylic acids is 1. The molecular formula is C18H27N3O3. The van der Waals surface area contributed by atoms with Gasteiger partial charge in [-0.15, -0.1) is 0 Å². The lowest BCUT2D eigenvalue weighted by atomic mass is 9.85. The summed E-state index contributed by atoms with van der Waals surface area (Å²) in [6, 6.07) is 8.41. The highest BCUT2D eigenvalue weighted by Crippen LogP contribution is 2.25. The van der Waals surface area contributed by atoms with Crippen molar-refractivity contribution in [3.63, 3.8) is 0 Å². The Morgan fingerprint density at radius 1 is 1.29 bits per heavy atom. The molecule has 1 aromatic carbocycles. The Morgan fingerprint density at radius 2 is 2.00 bits per heavy atom. The maximum atomic E-state index is 11.9. The van der Waals surface area contributed by atoms with Gasteiger partial charge in [0.15, 0.2) is 0 Å². The van der Waals surface area contributed by atoms with Crippen LogP contribution in [0.1, 0.15) is 30.9 Å². The highest BCUT2D eigenvalue weighted by molar-refractivity contribution is 5.74. The van der Waals surface area contributed by atoms with Gasteiger partial charge in [0.2, 0.25) is 0 Å². The van der Waals surface area contributed by atoms with Crippen LogP contribution < -0.4 is 10.6 Å². The molecule has 3 N–H and O–H groups in total. The number of benzene rings is 1. The second-order valence-electron chi connectivity index (χ2n) is 6.36. The van der Waals surface area contributed by atoms with Gasteiger partial charge in [0.25, 0.3) is 0 Å². The van der Waals surface area contributed by atoms with Gasteiger partial charge >= 0.3 is 12.0 Å². The van der Waals surface area contributed by atoms with Crippen LogP contribution in [0.25, 0.3) is 0 Å². The van der Waals surface area contributed by atoms with Crippen molar-refractivity contribution < 1.29 is 14.7 Å². The molecule has 6 nitrogen and oxygen atoms in total. The molecule has 0 heterocycles. The number of amides is 2. The van der Waals surface area contributed by atoms with E-state index in [1.54, 1.807) is 0 Å². The van der Waals surface area contributed by atoms with Crippen LogP contribution in [0.4, 0.5) is 4.79 Å². The number of rotatable bonds is 8. The first-order valence-electron chi connectivity index (χ1n) is 8.54. The van der Waals surface area contributed by atoms with Crippen LogP contribution in [-0.2, 0) is 11.2 Å². The third-order valence-electron chi connectivity index (χ3n) is 4.65. The predicted octanol–water partition coefficient (Wildman–Crippen LogP) is 1.77. The van der Waals surface area contributed by atoms with Crippen molar-refractivity contribution >= 4 is 12.0 Å². The topological polar surface area (TPSA) is 81.7 Å². The van der Waals surface area contributed by atoms with Crippen LogP contribution in [-0.4, -0.2) is 53.7 Å². The number of urea groups is 1. The van der Waals surface area contributed by atoms with Gasteiger partial charge in [-0.2, -0.15) is 0 Å². The minimum Gasteiger partial charge on any atom is -0.480 e. The van der Waals surface area contributed by atoms with E-state index in [2.05, 4.69) is 29.7 Å². The van der Waals surface area contributed by atoms with E-state index in [0.29, 0.717) is 13.1 Å². The molecule has 0 aromatic heterocycles. The molecule has 0 atom stereocenters. The van der Waals surface area contributed by atoms with Crippen molar-refractivity contribution in [2.45, 2.75) is 45.2 Å². The molecule has 0 radical (unpaired) electrons. The lowest BCUT2D eigenvalue weighted by Crippen LogP contribution is -2.56. The number of aliphatic carboxylic acids is 1. The quantitative estimate of drug-likeness (QED) is 0.677. The van der Waals surface area contributed by atoms with Crippen LogP contribution in [0.3, 0.4) is 0 Å². The van der Waals surface area contributed by atoms with Gasteiger partial charge in [-0.3, -0.25) is 9.69 Å². The molecule has 2 amide bonds. The average Bonchev–Trinajstić information content (AvgIpc) is 2.50. The van der Waals surface area contributed by atoms with Crippen molar-refractivity contribution in [2.75, 3.05) is 19.6 Å². The van der Waals surface area contributed by atoms with E-state index < -0.39 is 5.97 Å². The SMILES string of the molecule is CCN(CC(=O)O)C1CC(NC(=O)NCCc2ccccc2C)C1. The molecule has 1 saturated carbocycles. The zero-order valence-electron chi connectivity index (χ0n) is 14.4. The minimum atomic E-state index is -0.804. The number of hydrogen-bond donors (Lipinski definition) is 3. The standard InChI is InChI=1S/C18H27N3O3/c1-3-21(12-17(22)23)16-10-15(11-16)20-18(24)19-9-8-14-7-5-4-6-13(14)2/h4-7,15-16H,3,8-12H2,1-2H3,(H,22,23)(H2,19,20,24). The van der Waals surface area contributed by atoms with Crippen molar-refractivity contribution in [1.82, 2.24) is 15.5 Å². The largest absolute Gasteiger partial charge is 0.480 e. The van der Waals surface area contributed by atoms with Gasteiger partial charge in [-0.1, -0.05) is 31.2 Å². The molecule has 0 spiro atoms. The molecule has 0 bridgehead atoms. The Balaban J connectivity index is 1.64. The second-order valence-corrected chi connectivity index (χ2v) is 6.36. The lowest BCUT2D eigenvalue weighted by molar-refractivity contribution is -0.139. The zero-order valence-corrected chi connectivity index (χ0v) is 14.4. The predicted molar refractivity (Wildman–Crippen MR) is 93.1 cm³/mol. The van der Waals surface area contributed by atoms with Gasteiger partial charge in [0.1, 0.15) is 0 Å². The van der Waals surface area contributed by atoms with Crippen LogP contribution in [0.15, 0.2) is 24.3 Å². The number of carboxylic acid groups (broad SMARTS) is 1. The zero-order chi connectivity index (χ0) is 17.5. The molecule has 0 unspecified atom stereocenters. The summed E-state index contributed by atoms with van der Waals surface area (Å²) in [5.41, 5.74) is 2.48. The first-order chi connectivity index (χ1) is 11.5. The Hall–Kier alpha value is -2.08. The summed E-state index contributed by atoms with van der Waals surface area (Å²) in [5.74, 6) is -0.804. The second kappa shape index (κ2) is 8.68. The first-order valence-corrected chi connectivity index (χ1v) is 8.54. The van der Waals surface area contributed by atoms with Gasteiger partial charge in [-0.05, 0) is 43.9 Å². The van der Waals surface area contributed by atoms with Crippen molar-refractivity contribution in [3.8, 4) is 0 Å². The summed E-state index contributed by atoms with van der Waals surface area (Å²) in [4.78, 5) is 24.7. The third kappa shape index (κ3) is 5.23. The van der Waals surface area contributed by atoms with Gasteiger partial charge in [0, 0.05) is 18.6 Å². The van der Waals surface area contributed by atoms with E-state index in [-0.39, 0.29) is 24.7 Å². The van der Waals surface area contributed by atoms with E-state index in [1.807, 2.05) is 24.0 Å². The highest BCUT2D eigenvalue weighted by Gasteiger charge is 2.34. The summed E-state index contributed by atoms with van der Waals surface area (Å²) in [6.07, 6.45) is 2.44. The van der Waals surface area contributed by atoms with Crippen molar-refractivity contribution in [3.05, 3.63) is 35.4 Å². The van der Waals surface area contributed by atoms with Crippen LogP contribution in [0.2, 0.25) is 0 Å². The van der Waals surface area contributed by atoms with Crippen LogP contribution in [0.5, 0.6) is 0 Å². The van der Waals surface area contributed by atoms with Crippen molar-refractivity contribution in [1.29, 1.82) is 0 Å². The minimum absolute atomic E-state index is 0.0660. The van der Waals surface area contributed by atoms with Crippen molar-refractivity contribution in [2.24, 2.45) is 0 Å².